The summed E-state index contributed by atoms with van der Waals surface area (Å²) in [7, 11) is 1.95. The zero-order chi connectivity index (χ0) is 11.7. The van der Waals surface area contributed by atoms with Gasteiger partial charge in [-0.05, 0) is 18.1 Å². The molecule has 90 valence electrons. The van der Waals surface area contributed by atoms with Gasteiger partial charge in [-0.3, -0.25) is 4.68 Å². The van der Waals surface area contributed by atoms with Gasteiger partial charge in [0.1, 0.15) is 5.82 Å². The van der Waals surface area contributed by atoms with Crippen LogP contribution in [0, 0.1) is 0 Å². The predicted molar refractivity (Wildman–Crippen MR) is 71.1 cm³/mol. The van der Waals surface area contributed by atoms with Gasteiger partial charge in [-0.1, -0.05) is 13.8 Å². The van der Waals surface area contributed by atoms with Gasteiger partial charge in [0.15, 0.2) is 0 Å². The molecular formula is C11H20N4S. The Morgan fingerprint density at radius 2 is 2.31 bits per heavy atom. The Labute approximate surface area is 101 Å². The smallest absolute Gasteiger partial charge is 0.148 e. The Balaban J connectivity index is 2.19. The number of nitrogens with two attached hydrogens (primary N) is 1. The van der Waals surface area contributed by atoms with Crippen molar-refractivity contribution in [2.75, 3.05) is 22.6 Å². The van der Waals surface area contributed by atoms with E-state index in [1.807, 2.05) is 23.5 Å². The number of anilines is 2. The molecule has 0 radical (unpaired) electrons. The van der Waals surface area contributed by atoms with Crippen molar-refractivity contribution in [3.63, 3.8) is 0 Å². The first-order chi connectivity index (χ1) is 7.59. The van der Waals surface area contributed by atoms with Crippen LogP contribution in [-0.2, 0) is 7.05 Å². The summed E-state index contributed by atoms with van der Waals surface area (Å²) < 4.78 is 1.87. The van der Waals surface area contributed by atoms with Crippen molar-refractivity contribution in [1.82, 2.24) is 9.78 Å². The summed E-state index contributed by atoms with van der Waals surface area (Å²) in [6.45, 7) is 4.24. The number of hydrogen-bond donors (Lipinski definition) is 2. The van der Waals surface area contributed by atoms with Crippen LogP contribution in [-0.4, -0.2) is 27.3 Å². The number of thioether (sulfide) groups is 1. The van der Waals surface area contributed by atoms with Gasteiger partial charge in [0, 0.05) is 18.8 Å². The second kappa shape index (κ2) is 4.57. The monoisotopic (exact) mass is 240 g/mol. The lowest BCUT2D eigenvalue weighted by molar-refractivity contribution is 0.704. The van der Waals surface area contributed by atoms with Gasteiger partial charge in [-0.25, -0.2) is 0 Å². The number of nitrogen functional groups attached to an aromatic ring is 1. The molecule has 1 saturated heterocycles. The first-order valence-corrected chi connectivity index (χ1v) is 6.91. The first kappa shape index (κ1) is 11.6. The molecule has 1 fully saturated rings. The van der Waals surface area contributed by atoms with Gasteiger partial charge < -0.3 is 11.1 Å². The summed E-state index contributed by atoms with van der Waals surface area (Å²) in [6, 6.07) is 0.544. The number of hydrogen-bond acceptors (Lipinski definition) is 4. The molecule has 1 unspecified atom stereocenters. The van der Waals surface area contributed by atoms with E-state index in [1.165, 1.54) is 17.9 Å². The van der Waals surface area contributed by atoms with Crippen LogP contribution >= 0.6 is 11.8 Å². The van der Waals surface area contributed by atoms with Crippen LogP contribution in [0.3, 0.4) is 0 Å². The molecule has 0 saturated carbocycles. The molecule has 1 atom stereocenters. The minimum Gasteiger partial charge on any atom is -0.394 e. The van der Waals surface area contributed by atoms with Crippen LogP contribution in [0.5, 0.6) is 0 Å². The Hall–Kier alpha value is -0.840. The van der Waals surface area contributed by atoms with E-state index in [0.717, 1.165) is 17.2 Å². The zero-order valence-corrected chi connectivity index (χ0v) is 11.0. The average Bonchev–Trinajstić information content (AvgIpc) is 2.81. The molecule has 2 rings (SSSR count). The van der Waals surface area contributed by atoms with E-state index in [9.17, 15) is 0 Å². The molecule has 1 aromatic heterocycles. The summed E-state index contributed by atoms with van der Waals surface area (Å²) in [5, 5.41) is 7.98. The normalized spacial score (nSPS) is 20.6. The molecule has 1 aromatic rings. The SMILES string of the molecule is CC(C)c1nn(C)c(NC2CCSC2)c1N. The third-order valence-corrected chi connectivity index (χ3v) is 4.09. The maximum absolute atomic E-state index is 6.13. The van der Waals surface area contributed by atoms with Gasteiger partial charge in [-0.2, -0.15) is 16.9 Å². The van der Waals surface area contributed by atoms with E-state index in [1.54, 1.807) is 0 Å². The molecule has 16 heavy (non-hydrogen) atoms. The molecule has 0 bridgehead atoms. The molecule has 0 spiro atoms. The van der Waals surface area contributed by atoms with Gasteiger partial charge in [-0.15, -0.1) is 0 Å². The fourth-order valence-electron chi connectivity index (χ4n) is 2.00. The minimum atomic E-state index is 0.375. The average molecular weight is 240 g/mol. The number of nitrogens with zero attached hydrogens (tertiary/aromatic N) is 2. The highest BCUT2D eigenvalue weighted by Gasteiger charge is 2.21. The molecule has 0 aromatic carbocycles. The second-order valence-electron chi connectivity index (χ2n) is 4.63. The summed E-state index contributed by atoms with van der Waals surface area (Å²) in [4.78, 5) is 0. The minimum absolute atomic E-state index is 0.375. The van der Waals surface area contributed by atoms with Crippen molar-refractivity contribution in [3.05, 3.63) is 5.69 Å². The van der Waals surface area contributed by atoms with Crippen molar-refractivity contribution < 1.29 is 0 Å². The highest BCUT2D eigenvalue weighted by molar-refractivity contribution is 7.99. The van der Waals surface area contributed by atoms with Gasteiger partial charge in [0.2, 0.25) is 0 Å². The highest BCUT2D eigenvalue weighted by Crippen LogP contribution is 2.30. The lowest BCUT2D eigenvalue weighted by Gasteiger charge is -2.13. The van der Waals surface area contributed by atoms with Crippen LogP contribution < -0.4 is 11.1 Å². The van der Waals surface area contributed by atoms with E-state index in [4.69, 9.17) is 5.73 Å². The quantitative estimate of drug-likeness (QED) is 0.849. The number of rotatable bonds is 3. The first-order valence-electron chi connectivity index (χ1n) is 5.76. The van der Waals surface area contributed by atoms with Gasteiger partial charge >= 0.3 is 0 Å². The van der Waals surface area contributed by atoms with Crippen LogP contribution in [0.25, 0.3) is 0 Å². The molecule has 1 aliphatic rings. The van der Waals surface area contributed by atoms with Crippen molar-refractivity contribution in [2.45, 2.75) is 32.2 Å². The summed E-state index contributed by atoms with van der Waals surface area (Å²) in [6.07, 6.45) is 1.21. The summed E-state index contributed by atoms with van der Waals surface area (Å²) in [5.41, 5.74) is 7.94. The standard InChI is InChI=1S/C11H20N4S/c1-7(2)10-9(12)11(15(3)14-10)13-8-4-5-16-6-8/h7-8,13H,4-6,12H2,1-3H3. The molecule has 0 amide bonds. The number of aryl methyl sites for hydroxylation is 1. The van der Waals surface area contributed by atoms with E-state index >= 15 is 0 Å². The Morgan fingerprint density at radius 3 is 2.81 bits per heavy atom. The molecule has 5 heteroatoms. The van der Waals surface area contributed by atoms with Crippen molar-refractivity contribution in [2.24, 2.45) is 7.05 Å². The molecular weight excluding hydrogens is 220 g/mol. The zero-order valence-electron chi connectivity index (χ0n) is 10.2. The van der Waals surface area contributed by atoms with E-state index in [0.29, 0.717) is 12.0 Å². The number of aromatic nitrogens is 2. The van der Waals surface area contributed by atoms with Gasteiger partial charge in [0.25, 0.3) is 0 Å². The van der Waals surface area contributed by atoms with Crippen LogP contribution in [0.1, 0.15) is 31.9 Å². The third kappa shape index (κ3) is 2.14. The van der Waals surface area contributed by atoms with Gasteiger partial charge in [0.05, 0.1) is 11.4 Å². The largest absolute Gasteiger partial charge is 0.394 e. The van der Waals surface area contributed by atoms with Crippen LogP contribution in [0.4, 0.5) is 11.5 Å². The summed E-state index contributed by atoms with van der Waals surface area (Å²) >= 11 is 1.99. The molecule has 0 aliphatic carbocycles. The van der Waals surface area contributed by atoms with Crippen LogP contribution in [0.15, 0.2) is 0 Å². The molecule has 3 N–H and O–H groups in total. The summed E-state index contributed by atoms with van der Waals surface area (Å²) in [5.74, 6) is 3.77. The van der Waals surface area contributed by atoms with Crippen molar-refractivity contribution in [1.29, 1.82) is 0 Å². The molecule has 2 heterocycles. The van der Waals surface area contributed by atoms with E-state index < -0.39 is 0 Å². The highest BCUT2D eigenvalue weighted by atomic mass is 32.2. The Morgan fingerprint density at radius 1 is 1.56 bits per heavy atom. The Kier molecular flexibility index (Phi) is 3.33. The van der Waals surface area contributed by atoms with Crippen molar-refractivity contribution >= 4 is 23.3 Å². The van der Waals surface area contributed by atoms with E-state index in [2.05, 4.69) is 24.3 Å². The van der Waals surface area contributed by atoms with E-state index in [-0.39, 0.29) is 0 Å². The number of nitrogens with one attached hydrogen (secondary N) is 1. The maximum atomic E-state index is 6.13. The fourth-order valence-corrected chi connectivity index (χ4v) is 3.15. The lowest BCUT2D eigenvalue weighted by atomic mass is 10.1. The Bertz CT molecular complexity index is 366. The third-order valence-electron chi connectivity index (χ3n) is 2.93. The molecule has 4 nitrogen and oxygen atoms in total. The van der Waals surface area contributed by atoms with Crippen molar-refractivity contribution in [3.8, 4) is 0 Å². The lowest BCUT2D eigenvalue weighted by Crippen LogP contribution is -2.20. The topological polar surface area (TPSA) is 55.9 Å². The molecule has 1 aliphatic heterocycles. The predicted octanol–water partition coefficient (Wildman–Crippen LogP) is 2.04. The maximum Gasteiger partial charge on any atom is 0.148 e. The van der Waals surface area contributed by atoms with Crippen LogP contribution in [0.2, 0.25) is 0 Å². The fraction of sp³-hybridized carbons (Fsp3) is 0.727. The second-order valence-corrected chi connectivity index (χ2v) is 5.78.